The van der Waals surface area contributed by atoms with Crippen LogP contribution in [0, 0.1) is 0 Å². The molecule has 6 nitrogen and oxygen atoms in total. The lowest BCUT2D eigenvalue weighted by Gasteiger charge is -2.28. The first-order chi connectivity index (χ1) is 9.81. The van der Waals surface area contributed by atoms with Gasteiger partial charge in [-0.15, -0.1) is 0 Å². The number of ketones is 1. The number of benzene rings is 1. The normalized spacial score (nSPS) is 22.4. The average molecular weight is 310 g/mol. The van der Waals surface area contributed by atoms with Gasteiger partial charge in [-0.25, -0.2) is 0 Å². The van der Waals surface area contributed by atoms with Gasteiger partial charge in [-0.2, -0.15) is 8.42 Å². The van der Waals surface area contributed by atoms with Crippen molar-refractivity contribution >= 4 is 15.9 Å². The fourth-order valence-corrected chi connectivity index (χ4v) is 2.84. The second-order valence-electron chi connectivity index (χ2n) is 4.56. The van der Waals surface area contributed by atoms with E-state index in [9.17, 15) is 22.9 Å². The number of methoxy groups -OCH3 is 1. The SMILES string of the molecule is COC1(S(=O)(=O)O)C=CC(C(=O)c2ccccc2)=C(O)C1. The van der Waals surface area contributed by atoms with Gasteiger partial charge in [0.2, 0.25) is 4.93 Å². The molecule has 0 fully saturated rings. The zero-order chi connectivity index (χ0) is 15.7. The van der Waals surface area contributed by atoms with E-state index in [-0.39, 0.29) is 5.57 Å². The van der Waals surface area contributed by atoms with Gasteiger partial charge < -0.3 is 9.84 Å². The molecule has 0 aromatic heterocycles. The third-order valence-electron chi connectivity index (χ3n) is 3.29. The van der Waals surface area contributed by atoms with Crippen molar-refractivity contribution < 1.29 is 27.6 Å². The minimum Gasteiger partial charge on any atom is -0.511 e. The average Bonchev–Trinajstić information content (AvgIpc) is 2.46. The predicted octanol–water partition coefficient (Wildman–Crippen LogP) is 1.87. The van der Waals surface area contributed by atoms with Gasteiger partial charge in [0.1, 0.15) is 5.76 Å². The topological polar surface area (TPSA) is 101 Å². The fraction of sp³-hybridized carbons (Fsp3) is 0.214. The maximum absolute atomic E-state index is 12.2. The molecule has 0 amide bonds. The molecule has 0 radical (unpaired) electrons. The number of hydrogen-bond acceptors (Lipinski definition) is 5. The Balaban J connectivity index is 2.39. The summed E-state index contributed by atoms with van der Waals surface area (Å²) < 4.78 is 36.8. The van der Waals surface area contributed by atoms with E-state index in [0.717, 1.165) is 19.3 Å². The largest absolute Gasteiger partial charge is 0.511 e. The molecular weight excluding hydrogens is 296 g/mol. The van der Waals surface area contributed by atoms with Crippen LogP contribution in [0.4, 0.5) is 0 Å². The predicted molar refractivity (Wildman–Crippen MR) is 75.5 cm³/mol. The van der Waals surface area contributed by atoms with Crippen LogP contribution >= 0.6 is 0 Å². The van der Waals surface area contributed by atoms with E-state index < -0.39 is 33.0 Å². The number of ether oxygens (including phenoxy) is 1. The quantitative estimate of drug-likeness (QED) is 0.650. The van der Waals surface area contributed by atoms with Crippen LogP contribution in [0.15, 0.2) is 53.8 Å². The number of hydrogen-bond donors (Lipinski definition) is 2. The molecule has 0 saturated carbocycles. The molecule has 7 heteroatoms. The number of rotatable bonds is 4. The van der Waals surface area contributed by atoms with E-state index in [1.807, 2.05) is 0 Å². The summed E-state index contributed by atoms with van der Waals surface area (Å²) in [4.78, 5) is 10.2. The molecule has 21 heavy (non-hydrogen) atoms. The van der Waals surface area contributed by atoms with Crippen LogP contribution in [0.25, 0.3) is 0 Å². The summed E-state index contributed by atoms with van der Waals surface area (Å²) in [5, 5.41) is 9.98. The van der Waals surface area contributed by atoms with Crippen molar-refractivity contribution in [3.63, 3.8) is 0 Å². The fourth-order valence-electron chi connectivity index (χ4n) is 2.07. The zero-order valence-corrected chi connectivity index (χ0v) is 12.0. The van der Waals surface area contributed by atoms with Gasteiger partial charge in [0.05, 0.1) is 12.0 Å². The molecule has 1 aromatic carbocycles. The molecule has 2 N–H and O–H groups in total. The Morgan fingerprint density at radius 1 is 1.29 bits per heavy atom. The number of carbonyl (C=O) groups is 1. The molecular formula is C14H14O6S. The molecule has 0 spiro atoms. The molecule has 0 bridgehead atoms. The van der Waals surface area contributed by atoms with Gasteiger partial charge in [-0.1, -0.05) is 30.3 Å². The maximum Gasteiger partial charge on any atom is 0.299 e. The number of aliphatic hydroxyl groups excluding tert-OH is 1. The van der Waals surface area contributed by atoms with Crippen molar-refractivity contribution in [3.8, 4) is 0 Å². The number of Topliss-reactive ketones (excluding diaryl/α,β-unsaturated/α-hetero) is 1. The van der Waals surface area contributed by atoms with Crippen LogP contribution in [0.1, 0.15) is 16.8 Å². The van der Waals surface area contributed by atoms with Crippen molar-refractivity contribution in [2.75, 3.05) is 7.11 Å². The Kier molecular flexibility index (Phi) is 3.99. The highest BCUT2D eigenvalue weighted by Gasteiger charge is 2.44. The van der Waals surface area contributed by atoms with E-state index in [2.05, 4.69) is 0 Å². The van der Waals surface area contributed by atoms with Crippen LogP contribution in [0.3, 0.4) is 0 Å². The first kappa shape index (κ1) is 15.4. The van der Waals surface area contributed by atoms with Gasteiger partial charge in [0.15, 0.2) is 5.78 Å². The maximum atomic E-state index is 12.2. The van der Waals surface area contributed by atoms with E-state index in [4.69, 9.17) is 4.74 Å². The molecule has 0 heterocycles. The van der Waals surface area contributed by atoms with E-state index >= 15 is 0 Å². The zero-order valence-electron chi connectivity index (χ0n) is 11.2. The standard InChI is InChI=1S/C14H14O6S/c1-20-14(21(17,18)19)8-7-11(12(15)9-14)13(16)10-5-3-2-4-6-10/h2-8,15H,9H2,1H3,(H,17,18,19). The molecule has 1 aliphatic rings. The van der Waals surface area contributed by atoms with Crippen LogP contribution in [0.5, 0.6) is 0 Å². The van der Waals surface area contributed by atoms with Gasteiger partial charge in [-0.3, -0.25) is 9.35 Å². The Hall–Kier alpha value is -1.96. The van der Waals surface area contributed by atoms with Crippen molar-refractivity contribution in [2.24, 2.45) is 0 Å². The molecule has 112 valence electrons. The van der Waals surface area contributed by atoms with Crippen molar-refractivity contribution in [2.45, 2.75) is 11.4 Å². The van der Waals surface area contributed by atoms with E-state index in [1.165, 1.54) is 0 Å². The molecule has 1 aromatic rings. The molecule has 1 atom stereocenters. The monoisotopic (exact) mass is 310 g/mol. The number of allylic oxidation sites excluding steroid dienone is 2. The lowest BCUT2D eigenvalue weighted by atomic mass is 9.95. The molecule has 0 aliphatic heterocycles. The van der Waals surface area contributed by atoms with Gasteiger partial charge in [0.25, 0.3) is 10.1 Å². The summed E-state index contributed by atoms with van der Waals surface area (Å²) in [6, 6.07) is 8.26. The lowest BCUT2D eigenvalue weighted by Crippen LogP contribution is -2.40. The minimum absolute atomic E-state index is 0.0301. The van der Waals surface area contributed by atoms with E-state index in [1.54, 1.807) is 30.3 Å². The summed E-state index contributed by atoms with van der Waals surface area (Å²) >= 11 is 0. The smallest absolute Gasteiger partial charge is 0.299 e. The Morgan fingerprint density at radius 3 is 2.38 bits per heavy atom. The van der Waals surface area contributed by atoms with Crippen molar-refractivity contribution in [1.82, 2.24) is 0 Å². The van der Waals surface area contributed by atoms with Crippen LogP contribution in [0.2, 0.25) is 0 Å². The van der Waals surface area contributed by atoms with Gasteiger partial charge in [-0.05, 0) is 12.2 Å². The summed E-state index contributed by atoms with van der Waals surface area (Å²) in [6.07, 6.45) is 1.66. The van der Waals surface area contributed by atoms with Crippen molar-refractivity contribution in [3.05, 3.63) is 59.4 Å². The second kappa shape index (κ2) is 5.44. The Labute approximate surface area is 122 Å². The first-order valence-corrected chi connectivity index (χ1v) is 7.48. The second-order valence-corrected chi connectivity index (χ2v) is 6.20. The van der Waals surface area contributed by atoms with E-state index in [0.29, 0.717) is 5.56 Å². The number of aliphatic hydroxyl groups is 1. The highest BCUT2D eigenvalue weighted by atomic mass is 32.2. The van der Waals surface area contributed by atoms with Crippen LogP contribution in [-0.2, 0) is 14.9 Å². The minimum atomic E-state index is -4.60. The summed E-state index contributed by atoms with van der Waals surface area (Å²) in [5.74, 6) is -0.893. The van der Waals surface area contributed by atoms with Crippen molar-refractivity contribution in [1.29, 1.82) is 0 Å². The summed E-state index contributed by atoms with van der Waals surface area (Å²) in [6.45, 7) is 0. The molecule has 0 saturated heterocycles. The molecule has 1 aliphatic carbocycles. The lowest BCUT2D eigenvalue weighted by molar-refractivity contribution is 0.0800. The third-order valence-corrected chi connectivity index (χ3v) is 4.61. The van der Waals surface area contributed by atoms with Crippen LogP contribution in [-0.4, -0.2) is 35.9 Å². The van der Waals surface area contributed by atoms with Gasteiger partial charge in [0, 0.05) is 12.7 Å². The number of carbonyl (C=O) groups excluding carboxylic acids is 1. The Morgan fingerprint density at radius 2 is 1.90 bits per heavy atom. The summed E-state index contributed by atoms with van der Waals surface area (Å²) in [7, 11) is -3.51. The van der Waals surface area contributed by atoms with Gasteiger partial charge >= 0.3 is 0 Å². The summed E-state index contributed by atoms with van der Waals surface area (Å²) in [5.41, 5.74) is 0.331. The molecule has 2 rings (SSSR count). The third kappa shape index (κ3) is 2.76. The Bertz CT molecular complexity index is 717. The first-order valence-electron chi connectivity index (χ1n) is 6.04. The molecule has 1 unspecified atom stereocenters. The highest BCUT2D eigenvalue weighted by molar-refractivity contribution is 7.87. The highest BCUT2D eigenvalue weighted by Crippen LogP contribution is 2.33. The van der Waals surface area contributed by atoms with Crippen LogP contribution < -0.4 is 0 Å².